The van der Waals surface area contributed by atoms with Gasteiger partial charge in [0, 0.05) is 11.9 Å². The molecule has 5 nitrogen and oxygen atoms in total. The van der Waals surface area contributed by atoms with E-state index in [0.29, 0.717) is 18.3 Å². The SMILES string of the molecule is CCC(C)(CN)c1nc(-c2cscn2)no1. The van der Waals surface area contributed by atoms with Crippen molar-refractivity contribution in [3.63, 3.8) is 0 Å². The molecule has 86 valence electrons. The molecule has 0 fully saturated rings. The van der Waals surface area contributed by atoms with Gasteiger partial charge in [-0.1, -0.05) is 12.1 Å². The van der Waals surface area contributed by atoms with E-state index in [-0.39, 0.29) is 5.41 Å². The zero-order chi connectivity index (χ0) is 11.6. The van der Waals surface area contributed by atoms with Gasteiger partial charge in [-0.3, -0.25) is 0 Å². The lowest BCUT2D eigenvalue weighted by Gasteiger charge is -2.20. The second-order valence-electron chi connectivity index (χ2n) is 3.92. The first-order chi connectivity index (χ1) is 7.69. The van der Waals surface area contributed by atoms with Crippen molar-refractivity contribution in [2.24, 2.45) is 5.73 Å². The second kappa shape index (κ2) is 4.31. The highest BCUT2D eigenvalue weighted by Crippen LogP contribution is 2.26. The molecule has 0 aliphatic carbocycles. The van der Waals surface area contributed by atoms with Crippen LogP contribution in [-0.4, -0.2) is 21.7 Å². The van der Waals surface area contributed by atoms with Gasteiger partial charge in [0.25, 0.3) is 0 Å². The average Bonchev–Trinajstić information content (AvgIpc) is 2.97. The number of hydrogen-bond acceptors (Lipinski definition) is 6. The molecule has 0 bridgehead atoms. The van der Waals surface area contributed by atoms with Crippen LogP contribution in [0.3, 0.4) is 0 Å². The summed E-state index contributed by atoms with van der Waals surface area (Å²) in [6, 6.07) is 0. The topological polar surface area (TPSA) is 77.8 Å². The summed E-state index contributed by atoms with van der Waals surface area (Å²) in [5.74, 6) is 1.12. The van der Waals surface area contributed by atoms with Crippen LogP contribution in [0.15, 0.2) is 15.4 Å². The minimum absolute atomic E-state index is 0.249. The van der Waals surface area contributed by atoms with Crippen molar-refractivity contribution in [3.05, 3.63) is 16.8 Å². The monoisotopic (exact) mass is 238 g/mol. The quantitative estimate of drug-likeness (QED) is 0.879. The Morgan fingerprint density at radius 2 is 2.38 bits per heavy atom. The maximum atomic E-state index is 5.74. The molecule has 6 heteroatoms. The molecule has 2 N–H and O–H groups in total. The molecule has 0 amide bonds. The number of thiazole rings is 1. The number of nitrogens with zero attached hydrogens (tertiary/aromatic N) is 3. The first-order valence-electron chi connectivity index (χ1n) is 5.12. The third-order valence-corrected chi connectivity index (χ3v) is 3.42. The van der Waals surface area contributed by atoms with Crippen molar-refractivity contribution in [1.82, 2.24) is 15.1 Å². The summed E-state index contributed by atoms with van der Waals surface area (Å²) in [4.78, 5) is 8.49. The molecule has 2 rings (SSSR count). The van der Waals surface area contributed by atoms with Gasteiger partial charge in [0.05, 0.1) is 10.9 Å². The lowest BCUT2D eigenvalue weighted by atomic mass is 9.88. The van der Waals surface area contributed by atoms with E-state index in [4.69, 9.17) is 10.3 Å². The highest BCUT2D eigenvalue weighted by Gasteiger charge is 2.30. The van der Waals surface area contributed by atoms with Crippen LogP contribution < -0.4 is 5.73 Å². The van der Waals surface area contributed by atoms with Crippen LogP contribution in [0.1, 0.15) is 26.2 Å². The molecule has 2 heterocycles. The van der Waals surface area contributed by atoms with Gasteiger partial charge < -0.3 is 10.3 Å². The third-order valence-electron chi connectivity index (χ3n) is 2.83. The molecule has 16 heavy (non-hydrogen) atoms. The minimum atomic E-state index is -0.249. The molecule has 0 radical (unpaired) electrons. The predicted molar refractivity (Wildman–Crippen MR) is 62.1 cm³/mol. The normalized spacial score (nSPS) is 14.9. The van der Waals surface area contributed by atoms with E-state index < -0.39 is 0 Å². The maximum Gasteiger partial charge on any atom is 0.234 e. The Morgan fingerprint density at radius 3 is 2.94 bits per heavy atom. The van der Waals surface area contributed by atoms with Crippen LogP contribution in [0.25, 0.3) is 11.5 Å². The molecule has 0 aromatic carbocycles. The summed E-state index contributed by atoms with van der Waals surface area (Å²) < 4.78 is 5.26. The zero-order valence-electron chi connectivity index (χ0n) is 9.30. The molecule has 0 saturated heterocycles. The average molecular weight is 238 g/mol. The van der Waals surface area contributed by atoms with Gasteiger partial charge in [-0.15, -0.1) is 11.3 Å². The van der Waals surface area contributed by atoms with E-state index in [1.54, 1.807) is 5.51 Å². The van der Waals surface area contributed by atoms with Crippen molar-refractivity contribution in [2.75, 3.05) is 6.54 Å². The summed E-state index contributed by atoms with van der Waals surface area (Å²) in [7, 11) is 0. The minimum Gasteiger partial charge on any atom is -0.338 e. The van der Waals surface area contributed by atoms with Gasteiger partial charge >= 0.3 is 0 Å². The van der Waals surface area contributed by atoms with E-state index >= 15 is 0 Å². The van der Waals surface area contributed by atoms with Crippen LogP contribution in [0.5, 0.6) is 0 Å². The standard InChI is InChI=1S/C10H14N4OS/c1-3-10(2,5-11)9-13-8(14-15-9)7-4-16-6-12-7/h4,6H,3,5,11H2,1-2H3. The Labute approximate surface area is 97.7 Å². The Balaban J connectivity index is 2.33. The lowest BCUT2D eigenvalue weighted by Crippen LogP contribution is -2.31. The van der Waals surface area contributed by atoms with Gasteiger partial charge in [-0.25, -0.2) is 4.98 Å². The molecular weight excluding hydrogens is 224 g/mol. The van der Waals surface area contributed by atoms with Crippen molar-refractivity contribution < 1.29 is 4.52 Å². The molecular formula is C10H14N4OS. The van der Waals surface area contributed by atoms with Crippen LogP contribution >= 0.6 is 11.3 Å². The molecule has 0 saturated carbocycles. The lowest BCUT2D eigenvalue weighted by molar-refractivity contribution is 0.291. The van der Waals surface area contributed by atoms with Crippen molar-refractivity contribution in [1.29, 1.82) is 0 Å². The van der Waals surface area contributed by atoms with E-state index in [0.717, 1.165) is 12.1 Å². The molecule has 1 unspecified atom stereocenters. The Morgan fingerprint density at radius 1 is 1.56 bits per heavy atom. The summed E-state index contributed by atoms with van der Waals surface area (Å²) in [5, 5.41) is 5.81. The van der Waals surface area contributed by atoms with Crippen molar-refractivity contribution in [3.8, 4) is 11.5 Å². The maximum absolute atomic E-state index is 5.74. The van der Waals surface area contributed by atoms with Crippen LogP contribution in [-0.2, 0) is 5.41 Å². The van der Waals surface area contributed by atoms with Crippen LogP contribution in [0, 0.1) is 0 Å². The largest absolute Gasteiger partial charge is 0.338 e. The number of rotatable bonds is 4. The Kier molecular flexibility index (Phi) is 3.02. The smallest absolute Gasteiger partial charge is 0.234 e. The molecule has 0 spiro atoms. The van der Waals surface area contributed by atoms with Crippen molar-refractivity contribution >= 4 is 11.3 Å². The van der Waals surface area contributed by atoms with E-state index in [1.165, 1.54) is 11.3 Å². The van der Waals surface area contributed by atoms with E-state index in [1.807, 2.05) is 12.3 Å². The van der Waals surface area contributed by atoms with Gasteiger partial charge in [0.1, 0.15) is 5.69 Å². The summed E-state index contributed by atoms with van der Waals surface area (Å²) in [6.45, 7) is 4.56. The fraction of sp³-hybridized carbons (Fsp3) is 0.500. The van der Waals surface area contributed by atoms with Gasteiger partial charge in [0.2, 0.25) is 11.7 Å². The fourth-order valence-electron chi connectivity index (χ4n) is 1.28. The van der Waals surface area contributed by atoms with Crippen LogP contribution in [0.2, 0.25) is 0 Å². The van der Waals surface area contributed by atoms with Gasteiger partial charge in [-0.2, -0.15) is 4.98 Å². The molecule has 0 aliphatic rings. The van der Waals surface area contributed by atoms with Gasteiger partial charge in [-0.05, 0) is 13.3 Å². The summed E-state index contributed by atoms with van der Waals surface area (Å²) >= 11 is 1.51. The van der Waals surface area contributed by atoms with Crippen LogP contribution in [0.4, 0.5) is 0 Å². The Hall–Kier alpha value is -1.27. The Bertz CT molecular complexity index is 447. The number of nitrogens with two attached hydrogens (primary N) is 1. The molecule has 2 aromatic heterocycles. The molecule has 0 aliphatic heterocycles. The fourth-order valence-corrected chi connectivity index (χ4v) is 1.81. The summed E-state index contributed by atoms with van der Waals surface area (Å²) in [6.07, 6.45) is 0.863. The van der Waals surface area contributed by atoms with E-state index in [9.17, 15) is 0 Å². The predicted octanol–water partition coefficient (Wildman–Crippen LogP) is 1.82. The summed E-state index contributed by atoms with van der Waals surface area (Å²) in [5.41, 5.74) is 7.98. The van der Waals surface area contributed by atoms with E-state index in [2.05, 4.69) is 22.0 Å². The molecule has 2 aromatic rings. The molecule has 1 atom stereocenters. The third kappa shape index (κ3) is 1.85. The highest BCUT2D eigenvalue weighted by molar-refractivity contribution is 7.07. The van der Waals surface area contributed by atoms with Crippen molar-refractivity contribution in [2.45, 2.75) is 25.7 Å². The first kappa shape index (κ1) is 11.2. The number of hydrogen-bond donors (Lipinski definition) is 1. The zero-order valence-corrected chi connectivity index (χ0v) is 10.1. The second-order valence-corrected chi connectivity index (χ2v) is 4.63. The first-order valence-corrected chi connectivity index (χ1v) is 6.06. The van der Waals surface area contributed by atoms with Gasteiger partial charge in [0.15, 0.2) is 0 Å². The highest BCUT2D eigenvalue weighted by atomic mass is 32.1. The number of aromatic nitrogens is 3.